The molecule has 0 aliphatic heterocycles. The predicted octanol–water partition coefficient (Wildman–Crippen LogP) is 2.03. The highest BCUT2D eigenvalue weighted by Gasteiger charge is 2.19. The first-order valence-electron chi connectivity index (χ1n) is 5.98. The third-order valence-corrected chi connectivity index (χ3v) is 2.54. The zero-order valence-electron chi connectivity index (χ0n) is 10.8. The lowest BCUT2D eigenvalue weighted by molar-refractivity contribution is -0.124. The van der Waals surface area contributed by atoms with Crippen LogP contribution < -0.4 is 5.32 Å². The lowest BCUT2D eigenvalue weighted by atomic mass is 10.2. The first-order chi connectivity index (χ1) is 10.1. The van der Waals surface area contributed by atoms with Gasteiger partial charge in [-0.2, -0.15) is 0 Å². The number of halogens is 2. The zero-order valence-corrected chi connectivity index (χ0v) is 10.8. The van der Waals surface area contributed by atoms with Crippen LogP contribution >= 0.6 is 0 Å². The Morgan fingerprint density at radius 1 is 1.14 bits per heavy atom. The lowest BCUT2D eigenvalue weighted by Crippen LogP contribution is -2.28. The minimum Gasteiger partial charge on any atom is -0.467 e. The van der Waals surface area contributed by atoms with Gasteiger partial charge in [0.25, 0.3) is 5.91 Å². The van der Waals surface area contributed by atoms with Gasteiger partial charge in [-0.25, -0.2) is 13.6 Å². The van der Waals surface area contributed by atoms with Crippen LogP contribution in [0.4, 0.5) is 8.78 Å². The Hall–Kier alpha value is -2.70. The number of ether oxygens (including phenoxy) is 1. The lowest BCUT2D eigenvalue weighted by Gasteiger charge is -2.06. The number of furan rings is 1. The topological polar surface area (TPSA) is 68.5 Å². The van der Waals surface area contributed by atoms with Gasteiger partial charge in [0.15, 0.2) is 6.61 Å². The van der Waals surface area contributed by atoms with Crippen molar-refractivity contribution in [2.75, 3.05) is 6.61 Å². The Bertz CT molecular complexity index is 620. The summed E-state index contributed by atoms with van der Waals surface area (Å²) >= 11 is 0. The molecule has 0 atom stereocenters. The number of benzene rings is 1. The van der Waals surface area contributed by atoms with E-state index < -0.39 is 35.7 Å². The van der Waals surface area contributed by atoms with E-state index in [9.17, 15) is 18.4 Å². The van der Waals surface area contributed by atoms with Gasteiger partial charge in [-0.15, -0.1) is 0 Å². The average molecular weight is 295 g/mol. The SMILES string of the molecule is O=C(COC(=O)c1c(F)cccc1F)NCc1ccco1. The van der Waals surface area contributed by atoms with Crippen LogP contribution in [0.15, 0.2) is 41.0 Å². The minimum atomic E-state index is -1.24. The molecule has 1 aromatic carbocycles. The molecule has 1 aromatic heterocycles. The van der Waals surface area contributed by atoms with E-state index in [0.29, 0.717) is 5.76 Å². The van der Waals surface area contributed by atoms with Crippen LogP contribution in [0.2, 0.25) is 0 Å². The van der Waals surface area contributed by atoms with Gasteiger partial charge in [-0.3, -0.25) is 4.79 Å². The van der Waals surface area contributed by atoms with Crippen LogP contribution in [0, 0.1) is 11.6 Å². The summed E-state index contributed by atoms with van der Waals surface area (Å²) in [5.74, 6) is -3.42. The highest BCUT2D eigenvalue weighted by atomic mass is 19.1. The van der Waals surface area contributed by atoms with Crippen molar-refractivity contribution < 1.29 is 27.5 Å². The van der Waals surface area contributed by atoms with Crippen LogP contribution in [0.25, 0.3) is 0 Å². The number of amides is 1. The smallest absolute Gasteiger partial charge is 0.344 e. The summed E-state index contributed by atoms with van der Waals surface area (Å²) < 4.78 is 36.2. The quantitative estimate of drug-likeness (QED) is 0.857. The molecule has 110 valence electrons. The van der Waals surface area contributed by atoms with Gasteiger partial charge in [0.2, 0.25) is 0 Å². The van der Waals surface area contributed by atoms with Crippen molar-refractivity contribution in [1.82, 2.24) is 5.32 Å². The van der Waals surface area contributed by atoms with Gasteiger partial charge in [0.05, 0.1) is 12.8 Å². The van der Waals surface area contributed by atoms with Crippen molar-refractivity contribution in [3.05, 3.63) is 59.6 Å². The maximum Gasteiger partial charge on any atom is 0.344 e. The molecule has 0 unspecified atom stereocenters. The number of nitrogens with one attached hydrogen (secondary N) is 1. The molecule has 2 rings (SSSR count). The highest BCUT2D eigenvalue weighted by molar-refractivity contribution is 5.91. The maximum absolute atomic E-state index is 13.3. The van der Waals surface area contributed by atoms with Crippen LogP contribution in [-0.2, 0) is 16.1 Å². The standard InChI is InChI=1S/C14H11F2NO4/c15-10-4-1-5-11(16)13(10)14(19)21-8-12(18)17-7-9-3-2-6-20-9/h1-6H,7-8H2,(H,17,18). The molecular weight excluding hydrogens is 284 g/mol. The third kappa shape index (κ3) is 3.88. The second-order valence-corrected chi connectivity index (χ2v) is 4.03. The average Bonchev–Trinajstić information content (AvgIpc) is 2.96. The largest absolute Gasteiger partial charge is 0.467 e. The van der Waals surface area contributed by atoms with E-state index in [1.807, 2.05) is 0 Å². The monoisotopic (exact) mass is 295 g/mol. The van der Waals surface area contributed by atoms with Gasteiger partial charge >= 0.3 is 5.97 Å². The summed E-state index contributed by atoms with van der Waals surface area (Å²) in [6.07, 6.45) is 1.45. The van der Waals surface area contributed by atoms with Gasteiger partial charge in [-0.1, -0.05) is 6.07 Å². The fourth-order valence-electron chi connectivity index (χ4n) is 1.55. The molecule has 0 radical (unpaired) electrons. The molecule has 1 amide bonds. The summed E-state index contributed by atoms with van der Waals surface area (Å²) in [6.45, 7) is -0.523. The van der Waals surface area contributed by atoms with E-state index in [0.717, 1.165) is 18.2 Å². The number of hydrogen-bond acceptors (Lipinski definition) is 4. The van der Waals surface area contributed by atoms with E-state index in [2.05, 4.69) is 10.1 Å². The van der Waals surface area contributed by atoms with Crippen molar-refractivity contribution in [2.24, 2.45) is 0 Å². The Kier molecular flexibility index (Phi) is 4.65. The number of carbonyl (C=O) groups is 2. The molecule has 0 aliphatic rings. The predicted molar refractivity (Wildman–Crippen MR) is 67.2 cm³/mol. The van der Waals surface area contributed by atoms with Gasteiger partial charge in [-0.05, 0) is 24.3 Å². The maximum atomic E-state index is 13.3. The molecule has 5 nitrogen and oxygen atoms in total. The summed E-state index contributed by atoms with van der Waals surface area (Å²) in [5, 5.41) is 2.42. The summed E-state index contributed by atoms with van der Waals surface area (Å²) in [6, 6.07) is 6.29. The zero-order chi connectivity index (χ0) is 15.2. The Labute approximate surface area is 118 Å². The molecule has 7 heteroatoms. The molecule has 2 aromatic rings. The number of rotatable bonds is 5. The Balaban J connectivity index is 1.85. The fraction of sp³-hybridized carbons (Fsp3) is 0.143. The van der Waals surface area contributed by atoms with Crippen molar-refractivity contribution in [2.45, 2.75) is 6.54 Å². The Morgan fingerprint density at radius 2 is 1.86 bits per heavy atom. The number of carbonyl (C=O) groups excluding carboxylic acids is 2. The molecule has 0 saturated carbocycles. The molecule has 0 aliphatic carbocycles. The summed E-state index contributed by atoms with van der Waals surface area (Å²) in [4.78, 5) is 22.9. The third-order valence-electron chi connectivity index (χ3n) is 2.54. The van der Waals surface area contributed by atoms with E-state index >= 15 is 0 Å². The summed E-state index contributed by atoms with van der Waals surface area (Å²) in [7, 11) is 0. The van der Waals surface area contributed by atoms with E-state index in [-0.39, 0.29) is 6.54 Å². The normalized spacial score (nSPS) is 10.2. The van der Waals surface area contributed by atoms with Gasteiger partial charge < -0.3 is 14.5 Å². The molecule has 21 heavy (non-hydrogen) atoms. The van der Waals surface area contributed by atoms with Crippen molar-refractivity contribution in [3.63, 3.8) is 0 Å². The van der Waals surface area contributed by atoms with Crippen molar-refractivity contribution in [3.8, 4) is 0 Å². The fourth-order valence-corrected chi connectivity index (χ4v) is 1.55. The molecule has 1 heterocycles. The molecule has 0 bridgehead atoms. The van der Waals surface area contributed by atoms with Crippen molar-refractivity contribution >= 4 is 11.9 Å². The first kappa shape index (κ1) is 14.7. The van der Waals surface area contributed by atoms with Crippen LogP contribution in [0.3, 0.4) is 0 Å². The van der Waals surface area contributed by atoms with E-state index in [1.54, 1.807) is 12.1 Å². The first-order valence-corrected chi connectivity index (χ1v) is 5.98. The van der Waals surface area contributed by atoms with Crippen LogP contribution in [0.5, 0.6) is 0 Å². The van der Waals surface area contributed by atoms with Crippen molar-refractivity contribution in [1.29, 1.82) is 0 Å². The molecule has 0 fully saturated rings. The summed E-state index contributed by atoms with van der Waals surface area (Å²) in [5.41, 5.74) is -0.823. The minimum absolute atomic E-state index is 0.122. The van der Waals surface area contributed by atoms with Crippen LogP contribution in [0.1, 0.15) is 16.1 Å². The van der Waals surface area contributed by atoms with E-state index in [4.69, 9.17) is 4.42 Å². The second kappa shape index (κ2) is 6.65. The highest BCUT2D eigenvalue weighted by Crippen LogP contribution is 2.13. The Morgan fingerprint density at radius 3 is 2.48 bits per heavy atom. The van der Waals surface area contributed by atoms with E-state index in [1.165, 1.54) is 6.26 Å². The van der Waals surface area contributed by atoms with Gasteiger partial charge in [0, 0.05) is 0 Å². The number of hydrogen-bond donors (Lipinski definition) is 1. The molecule has 0 saturated heterocycles. The second-order valence-electron chi connectivity index (χ2n) is 4.03. The van der Waals surface area contributed by atoms with Crippen LogP contribution in [-0.4, -0.2) is 18.5 Å². The van der Waals surface area contributed by atoms with Gasteiger partial charge in [0.1, 0.15) is 23.0 Å². The number of esters is 1. The molecular formula is C14H11F2NO4. The molecule has 0 spiro atoms. The molecule has 1 N–H and O–H groups in total.